The number of methoxy groups -OCH3 is 1. The Kier molecular flexibility index (Phi) is 7.89. The lowest BCUT2D eigenvalue weighted by atomic mass is 10.1. The molecule has 0 bridgehead atoms. The molecule has 0 atom stereocenters. The number of benzene rings is 4. The lowest BCUT2D eigenvalue weighted by molar-refractivity contribution is -0.121. The van der Waals surface area contributed by atoms with Crippen molar-refractivity contribution in [3.63, 3.8) is 0 Å². The van der Waals surface area contributed by atoms with E-state index in [1.165, 1.54) is 28.8 Å². The Balaban J connectivity index is 1.39. The number of likely N-dealkylation sites (N-methyl/N-ethyl adjacent to an activating group) is 1. The van der Waals surface area contributed by atoms with Crippen LogP contribution >= 0.6 is 34.4 Å². The number of aliphatic imine (C=N–C) groups is 1. The monoisotopic (exact) mass is 650 g/mol. The molecule has 39 heavy (non-hydrogen) atoms. The summed E-state index contributed by atoms with van der Waals surface area (Å²) < 4.78 is 12.7. The second kappa shape index (κ2) is 11.5. The number of carboxylic acids is 1. The van der Waals surface area contributed by atoms with Gasteiger partial charge in [0.15, 0.2) is 16.7 Å². The Hall–Kier alpha value is -3.83. The van der Waals surface area contributed by atoms with Gasteiger partial charge in [0.1, 0.15) is 6.61 Å². The number of halogens is 1. The Morgan fingerprint density at radius 3 is 2.64 bits per heavy atom. The number of ether oxygens (including phenoxy) is 2. The van der Waals surface area contributed by atoms with Crippen molar-refractivity contribution in [1.29, 1.82) is 0 Å². The number of carboxylic acid groups (broad SMARTS) is 1. The number of aromatic carboxylic acids is 1. The Bertz CT molecular complexity index is 1660. The first-order valence-electron chi connectivity index (χ1n) is 11.9. The lowest BCUT2D eigenvalue weighted by Gasteiger charge is -2.15. The number of nitrogens with zero attached hydrogens (tertiary/aromatic N) is 2. The first-order chi connectivity index (χ1) is 18.8. The van der Waals surface area contributed by atoms with Gasteiger partial charge in [-0.3, -0.25) is 9.69 Å². The summed E-state index contributed by atoms with van der Waals surface area (Å²) in [6.45, 7) is 0.385. The van der Waals surface area contributed by atoms with Crippen LogP contribution in [-0.4, -0.2) is 41.2 Å². The highest BCUT2D eigenvalue weighted by molar-refractivity contribution is 14.1. The van der Waals surface area contributed by atoms with Gasteiger partial charge in [0.05, 0.1) is 26.8 Å². The van der Waals surface area contributed by atoms with Gasteiger partial charge in [0, 0.05) is 7.05 Å². The summed E-state index contributed by atoms with van der Waals surface area (Å²) in [5.74, 6) is -0.0268. The molecule has 1 aliphatic rings. The summed E-state index contributed by atoms with van der Waals surface area (Å²) in [5, 5.41) is 12.0. The molecule has 1 fully saturated rings. The quantitative estimate of drug-likeness (QED) is 0.172. The molecule has 4 aromatic rings. The average Bonchev–Trinajstić information content (AvgIpc) is 3.19. The first kappa shape index (κ1) is 26.8. The van der Waals surface area contributed by atoms with Crippen LogP contribution < -0.4 is 9.47 Å². The third kappa shape index (κ3) is 5.79. The van der Waals surface area contributed by atoms with Crippen LogP contribution in [0, 0.1) is 3.57 Å². The highest BCUT2D eigenvalue weighted by Crippen LogP contribution is 2.38. The van der Waals surface area contributed by atoms with E-state index in [9.17, 15) is 14.7 Å². The number of carbonyl (C=O) groups is 2. The fourth-order valence-electron chi connectivity index (χ4n) is 4.15. The predicted molar refractivity (Wildman–Crippen MR) is 163 cm³/mol. The largest absolute Gasteiger partial charge is 0.493 e. The summed E-state index contributed by atoms with van der Waals surface area (Å²) in [5.41, 5.74) is 2.46. The molecular formula is C30H23IN2O5S. The molecule has 9 heteroatoms. The van der Waals surface area contributed by atoms with Crippen LogP contribution in [0.4, 0.5) is 5.69 Å². The first-order valence-corrected chi connectivity index (χ1v) is 13.8. The SMILES string of the molecule is COc1cc(C=C2SC(=Nc3cccc(C(=O)O)c3)N(C)C2=O)cc(I)c1OCc1cccc2ccccc12. The highest BCUT2D eigenvalue weighted by Gasteiger charge is 2.30. The van der Waals surface area contributed by atoms with Gasteiger partial charge in [-0.2, -0.15) is 0 Å². The van der Waals surface area contributed by atoms with E-state index in [0.29, 0.717) is 33.9 Å². The summed E-state index contributed by atoms with van der Waals surface area (Å²) in [4.78, 5) is 30.7. The Morgan fingerprint density at radius 2 is 1.85 bits per heavy atom. The van der Waals surface area contributed by atoms with Crippen molar-refractivity contribution in [2.24, 2.45) is 4.99 Å². The number of amides is 1. The van der Waals surface area contributed by atoms with Crippen molar-refractivity contribution in [3.05, 3.63) is 104 Å². The van der Waals surface area contributed by atoms with Gasteiger partial charge in [-0.25, -0.2) is 9.79 Å². The van der Waals surface area contributed by atoms with Gasteiger partial charge in [0.25, 0.3) is 5.91 Å². The van der Waals surface area contributed by atoms with Gasteiger partial charge in [0.2, 0.25) is 0 Å². The zero-order chi connectivity index (χ0) is 27.5. The van der Waals surface area contributed by atoms with Gasteiger partial charge in [-0.05, 0) is 92.7 Å². The molecule has 1 saturated heterocycles. The number of rotatable bonds is 7. The Morgan fingerprint density at radius 1 is 1.08 bits per heavy atom. The lowest BCUT2D eigenvalue weighted by Crippen LogP contribution is -2.23. The number of thioether (sulfide) groups is 1. The van der Waals surface area contributed by atoms with Gasteiger partial charge >= 0.3 is 5.97 Å². The smallest absolute Gasteiger partial charge is 0.335 e. The van der Waals surface area contributed by atoms with E-state index < -0.39 is 5.97 Å². The molecule has 1 heterocycles. The number of fused-ring (bicyclic) bond motifs is 1. The normalized spacial score (nSPS) is 15.4. The Labute approximate surface area is 243 Å². The molecule has 196 valence electrons. The van der Waals surface area contributed by atoms with Crippen LogP contribution in [0.15, 0.2) is 88.8 Å². The van der Waals surface area contributed by atoms with E-state index in [-0.39, 0.29) is 11.5 Å². The molecule has 0 radical (unpaired) electrons. The predicted octanol–water partition coefficient (Wildman–Crippen LogP) is 6.96. The van der Waals surface area contributed by atoms with Gasteiger partial charge in [-0.15, -0.1) is 0 Å². The summed E-state index contributed by atoms with van der Waals surface area (Å²) >= 11 is 3.44. The van der Waals surface area contributed by atoms with Crippen LogP contribution in [0.25, 0.3) is 16.8 Å². The van der Waals surface area contributed by atoms with Gasteiger partial charge in [-0.1, -0.05) is 48.5 Å². The zero-order valence-corrected chi connectivity index (χ0v) is 24.0. The topological polar surface area (TPSA) is 88.4 Å². The molecule has 0 saturated carbocycles. The number of hydrogen-bond acceptors (Lipinski definition) is 6. The minimum Gasteiger partial charge on any atom is -0.493 e. The second-order valence-corrected chi connectivity index (χ2v) is 10.9. The molecule has 7 nitrogen and oxygen atoms in total. The van der Waals surface area contributed by atoms with E-state index in [4.69, 9.17) is 9.47 Å². The maximum absolute atomic E-state index is 13.0. The van der Waals surface area contributed by atoms with Crippen molar-refractivity contribution >= 4 is 73.9 Å². The maximum Gasteiger partial charge on any atom is 0.335 e. The van der Waals surface area contributed by atoms with Crippen molar-refractivity contribution in [1.82, 2.24) is 4.90 Å². The van der Waals surface area contributed by atoms with E-state index >= 15 is 0 Å². The van der Waals surface area contributed by atoms with E-state index in [0.717, 1.165) is 25.5 Å². The standard InChI is InChI=1S/C30H23IN2O5S/c1-33-28(34)26(39-30(33)32-22-11-6-9-20(16-22)29(35)36)15-18-13-24(31)27(25(14-18)37-2)38-17-21-10-5-8-19-7-3-4-12-23(19)21/h3-16H,17H2,1-2H3,(H,35,36). The van der Waals surface area contributed by atoms with Crippen molar-refractivity contribution in [3.8, 4) is 11.5 Å². The molecule has 0 aromatic heterocycles. The third-order valence-electron chi connectivity index (χ3n) is 6.12. The average molecular weight is 650 g/mol. The molecule has 1 N–H and O–H groups in total. The molecule has 5 rings (SSSR count). The minimum atomic E-state index is -1.03. The highest BCUT2D eigenvalue weighted by atomic mass is 127. The van der Waals surface area contributed by atoms with Crippen LogP contribution in [0.1, 0.15) is 21.5 Å². The number of amidine groups is 1. The fourth-order valence-corrected chi connectivity index (χ4v) is 5.92. The number of carbonyl (C=O) groups excluding carboxylic acids is 1. The van der Waals surface area contributed by atoms with Crippen LogP contribution in [0.2, 0.25) is 0 Å². The molecular weight excluding hydrogens is 627 g/mol. The zero-order valence-electron chi connectivity index (χ0n) is 21.1. The van der Waals surface area contributed by atoms with Crippen molar-refractivity contribution < 1.29 is 24.2 Å². The van der Waals surface area contributed by atoms with Crippen LogP contribution in [0.3, 0.4) is 0 Å². The molecule has 1 aliphatic heterocycles. The van der Waals surface area contributed by atoms with E-state index in [2.05, 4.69) is 51.8 Å². The molecule has 0 spiro atoms. The van der Waals surface area contributed by atoms with Crippen LogP contribution in [0.5, 0.6) is 11.5 Å². The van der Waals surface area contributed by atoms with Crippen molar-refractivity contribution in [2.45, 2.75) is 6.61 Å². The van der Waals surface area contributed by atoms with Crippen LogP contribution in [-0.2, 0) is 11.4 Å². The van der Waals surface area contributed by atoms with E-state index in [1.807, 2.05) is 30.3 Å². The maximum atomic E-state index is 13.0. The summed E-state index contributed by atoms with van der Waals surface area (Å²) in [7, 11) is 3.23. The van der Waals surface area contributed by atoms with Gasteiger partial charge < -0.3 is 14.6 Å². The molecule has 4 aromatic carbocycles. The van der Waals surface area contributed by atoms with Crippen molar-refractivity contribution in [2.75, 3.05) is 14.2 Å². The second-order valence-electron chi connectivity index (χ2n) is 8.69. The molecule has 1 amide bonds. The minimum absolute atomic E-state index is 0.133. The molecule has 0 unspecified atom stereocenters. The number of hydrogen-bond donors (Lipinski definition) is 1. The van der Waals surface area contributed by atoms with E-state index in [1.54, 1.807) is 32.4 Å². The molecule has 0 aliphatic carbocycles. The fraction of sp³-hybridized carbons (Fsp3) is 0.100. The summed E-state index contributed by atoms with van der Waals surface area (Å²) in [6.07, 6.45) is 1.79. The summed E-state index contributed by atoms with van der Waals surface area (Å²) in [6, 6.07) is 24.4. The third-order valence-corrected chi connectivity index (χ3v) is 7.98.